The number of piperidine rings is 1. The molecular formula is C16H26ClN3O. The highest BCUT2D eigenvalue weighted by molar-refractivity contribution is 5.85. The zero-order valence-electron chi connectivity index (χ0n) is 12.8. The minimum atomic E-state index is 0. The van der Waals surface area contributed by atoms with E-state index < -0.39 is 0 Å². The third-order valence-corrected chi connectivity index (χ3v) is 4.00. The molecule has 1 unspecified atom stereocenters. The van der Waals surface area contributed by atoms with E-state index in [1.165, 1.54) is 0 Å². The van der Waals surface area contributed by atoms with Crippen LogP contribution in [0.25, 0.3) is 0 Å². The lowest BCUT2D eigenvalue weighted by atomic mass is 10.1. The van der Waals surface area contributed by atoms with Gasteiger partial charge in [0, 0.05) is 6.04 Å². The van der Waals surface area contributed by atoms with Gasteiger partial charge in [-0.25, -0.2) is 0 Å². The van der Waals surface area contributed by atoms with Gasteiger partial charge in [0.05, 0.1) is 12.6 Å². The van der Waals surface area contributed by atoms with Crippen LogP contribution in [0, 0.1) is 0 Å². The van der Waals surface area contributed by atoms with Crippen LogP contribution in [0.2, 0.25) is 0 Å². The summed E-state index contributed by atoms with van der Waals surface area (Å²) in [5.41, 5.74) is 1.14. The molecule has 2 rings (SSSR count). The van der Waals surface area contributed by atoms with Crippen LogP contribution in [-0.4, -0.2) is 43.5 Å². The molecule has 118 valence electrons. The molecule has 4 nitrogen and oxygen atoms in total. The third-order valence-electron chi connectivity index (χ3n) is 4.00. The molecule has 2 N–H and O–H groups in total. The van der Waals surface area contributed by atoms with Crippen LogP contribution in [-0.2, 0) is 4.79 Å². The molecule has 1 heterocycles. The van der Waals surface area contributed by atoms with Gasteiger partial charge >= 0.3 is 0 Å². The van der Waals surface area contributed by atoms with Gasteiger partial charge in [0.25, 0.3) is 0 Å². The number of rotatable bonds is 5. The van der Waals surface area contributed by atoms with Crippen LogP contribution >= 0.6 is 12.4 Å². The molecule has 1 fully saturated rings. The van der Waals surface area contributed by atoms with Gasteiger partial charge in [0.2, 0.25) is 5.91 Å². The molecular weight excluding hydrogens is 286 g/mol. The summed E-state index contributed by atoms with van der Waals surface area (Å²) in [6.07, 6.45) is 2.25. The molecule has 1 atom stereocenters. The van der Waals surface area contributed by atoms with E-state index in [1.54, 1.807) is 0 Å². The summed E-state index contributed by atoms with van der Waals surface area (Å²) in [5.74, 6) is 0.0994. The van der Waals surface area contributed by atoms with Crippen molar-refractivity contribution in [3.05, 3.63) is 35.9 Å². The quantitative estimate of drug-likeness (QED) is 0.874. The summed E-state index contributed by atoms with van der Waals surface area (Å²) in [4.78, 5) is 14.3. The van der Waals surface area contributed by atoms with E-state index in [-0.39, 0.29) is 24.4 Å². The fourth-order valence-corrected chi connectivity index (χ4v) is 2.72. The molecule has 0 radical (unpaired) electrons. The smallest absolute Gasteiger partial charge is 0.234 e. The Balaban J connectivity index is 0.00000220. The predicted octanol–water partition coefficient (Wildman–Crippen LogP) is 1.97. The van der Waals surface area contributed by atoms with Crippen molar-refractivity contribution in [3.63, 3.8) is 0 Å². The zero-order chi connectivity index (χ0) is 14.4. The Hall–Kier alpha value is -1.10. The summed E-state index contributed by atoms with van der Waals surface area (Å²) >= 11 is 0. The van der Waals surface area contributed by atoms with E-state index in [4.69, 9.17) is 0 Å². The topological polar surface area (TPSA) is 44.4 Å². The minimum Gasteiger partial charge on any atom is -0.348 e. The largest absolute Gasteiger partial charge is 0.348 e. The number of hydrogen-bond acceptors (Lipinski definition) is 3. The van der Waals surface area contributed by atoms with Gasteiger partial charge in [-0.05, 0) is 45.5 Å². The maximum atomic E-state index is 12.1. The van der Waals surface area contributed by atoms with E-state index in [2.05, 4.69) is 15.5 Å². The van der Waals surface area contributed by atoms with E-state index in [0.29, 0.717) is 12.6 Å². The SMILES string of the molecule is CC(NC(=O)CN(C)C1CCNCC1)c1ccccc1.Cl. The van der Waals surface area contributed by atoms with Crippen molar-refractivity contribution < 1.29 is 4.79 Å². The number of likely N-dealkylation sites (N-methyl/N-ethyl adjacent to an activating group) is 1. The molecule has 1 amide bonds. The highest BCUT2D eigenvalue weighted by Crippen LogP contribution is 2.12. The first-order valence-corrected chi connectivity index (χ1v) is 7.42. The second-order valence-corrected chi connectivity index (χ2v) is 5.60. The Kier molecular flexibility index (Phi) is 7.72. The first kappa shape index (κ1) is 18.0. The summed E-state index contributed by atoms with van der Waals surface area (Å²) < 4.78 is 0. The van der Waals surface area contributed by atoms with Gasteiger partial charge in [-0.1, -0.05) is 30.3 Å². The molecule has 1 aromatic rings. The van der Waals surface area contributed by atoms with Crippen LogP contribution in [0.15, 0.2) is 30.3 Å². The third kappa shape index (κ3) is 5.65. The molecule has 21 heavy (non-hydrogen) atoms. The van der Waals surface area contributed by atoms with E-state index in [1.807, 2.05) is 44.3 Å². The Bertz CT molecular complexity index is 421. The molecule has 0 spiro atoms. The second kappa shape index (κ2) is 9.03. The Morgan fingerprint density at radius 1 is 1.33 bits per heavy atom. The Morgan fingerprint density at radius 3 is 2.57 bits per heavy atom. The van der Waals surface area contributed by atoms with Gasteiger partial charge in [-0.3, -0.25) is 9.69 Å². The number of carbonyl (C=O) groups is 1. The molecule has 0 aromatic heterocycles. The summed E-state index contributed by atoms with van der Waals surface area (Å²) in [6.45, 7) is 4.60. The average molecular weight is 312 g/mol. The van der Waals surface area contributed by atoms with E-state index in [0.717, 1.165) is 31.5 Å². The molecule has 5 heteroatoms. The van der Waals surface area contributed by atoms with Gasteiger partial charge < -0.3 is 10.6 Å². The lowest BCUT2D eigenvalue weighted by Gasteiger charge is -2.31. The fraction of sp³-hybridized carbons (Fsp3) is 0.562. The number of amides is 1. The maximum Gasteiger partial charge on any atom is 0.234 e. The van der Waals surface area contributed by atoms with Crippen molar-refractivity contribution in [2.75, 3.05) is 26.7 Å². The van der Waals surface area contributed by atoms with Crippen LogP contribution in [0.4, 0.5) is 0 Å². The van der Waals surface area contributed by atoms with Gasteiger partial charge in [-0.15, -0.1) is 12.4 Å². The zero-order valence-corrected chi connectivity index (χ0v) is 13.7. The van der Waals surface area contributed by atoms with Crippen molar-refractivity contribution in [2.45, 2.75) is 31.8 Å². The lowest BCUT2D eigenvalue weighted by Crippen LogP contribution is -2.45. The van der Waals surface area contributed by atoms with Crippen LogP contribution in [0.3, 0.4) is 0 Å². The molecule has 1 aliphatic rings. The molecule has 0 bridgehead atoms. The first-order valence-electron chi connectivity index (χ1n) is 7.42. The summed E-state index contributed by atoms with van der Waals surface area (Å²) in [7, 11) is 2.04. The van der Waals surface area contributed by atoms with Crippen LogP contribution < -0.4 is 10.6 Å². The fourth-order valence-electron chi connectivity index (χ4n) is 2.72. The Labute approximate surface area is 133 Å². The molecule has 1 aliphatic heterocycles. The highest BCUT2D eigenvalue weighted by Gasteiger charge is 2.20. The number of carbonyl (C=O) groups excluding carboxylic acids is 1. The van der Waals surface area contributed by atoms with Gasteiger partial charge in [0.1, 0.15) is 0 Å². The molecule has 1 saturated heterocycles. The van der Waals surface area contributed by atoms with E-state index >= 15 is 0 Å². The number of hydrogen-bond donors (Lipinski definition) is 2. The van der Waals surface area contributed by atoms with Crippen LogP contribution in [0.5, 0.6) is 0 Å². The molecule has 1 aromatic carbocycles. The second-order valence-electron chi connectivity index (χ2n) is 5.60. The first-order chi connectivity index (χ1) is 9.66. The minimum absolute atomic E-state index is 0. The monoisotopic (exact) mass is 311 g/mol. The van der Waals surface area contributed by atoms with Crippen molar-refractivity contribution >= 4 is 18.3 Å². The van der Waals surface area contributed by atoms with Crippen molar-refractivity contribution in [1.82, 2.24) is 15.5 Å². The maximum absolute atomic E-state index is 12.1. The Morgan fingerprint density at radius 2 is 1.95 bits per heavy atom. The summed E-state index contributed by atoms with van der Waals surface area (Å²) in [5, 5.41) is 6.42. The van der Waals surface area contributed by atoms with Crippen molar-refractivity contribution in [3.8, 4) is 0 Å². The van der Waals surface area contributed by atoms with Crippen LogP contribution in [0.1, 0.15) is 31.4 Å². The molecule has 0 aliphatic carbocycles. The van der Waals surface area contributed by atoms with Gasteiger partial charge in [-0.2, -0.15) is 0 Å². The lowest BCUT2D eigenvalue weighted by molar-refractivity contribution is -0.123. The average Bonchev–Trinajstić information content (AvgIpc) is 2.49. The van der Waals surface area contributed by atoms with Crippen molar-refractivity contribution in [2.24, 2.45) is 0 Å². The number of benzene rings is 1. The molecule has 0 saturated carbocycles. The van der Waals surface area contributed by atoms with Gasteiger partial charge in [0.15, 0.2) is 0 Å². The normalized spacial score (nSPS) is 17.1. The summed E-state index contributed by atoms with van der Waals surface area (Å²) in [6, 6.07) is 10.7. The number of nitrogens with one attached hydrogen (secondary N) is 2. The van der Waals surface area contributed by atoms with E-state index in [9.17, 15) is 4.79 Å². The van der Waals surface area contributed by atoms with Crippen molar-refractivity contribution in [1.29, 1.82) is 0 Å². The number of nitrogens with zero attached hydrogens (tertiary/aromatic N) is 1. The highest BCUT2D eigenvalue weighted by atomic mass is 35.5. The number of halogens is 1. The predicted molar refractivity (Wildman–Crippen MR) is 88.8 cm³/mol. The standard InChI is InChI=1S/C16H25N3O.ClH/c1-13(14-6-4-3-5-7-14)18-16(20)12-19(2)15-8-10-17-11-9-15;/h3-7,13,15,17H,8-12H2,1-2H3,(H,18,20);1H.